The molecule has 0 aliphatic heterocycles. The number of alkyl halides is 3. The lowest BCUT2D eigenvalue weighted by Crippen LogP contribution is -2.27. The molecule has 0 spiro atoms. The molecule has 0 N–H and O–H groups in total. The van der Waals surface area contributed by atoms with E-state index in [-0.39, 0.29) is 17.8 Å². The first-order valence-electron chi connectivity index (χ1n) is 6.73. The molecule has 1 aromatic heterocycles. The molecule has 122 valence electrons. The van der Waals surface area contributed by atoms with E-state index in [0.717, 1.165) is 12.1 Å². The normalized spacial score (nSPS) is 11.4. The summed E-state index contributed by atoms with van der Waals surface area (Å²) in [6.45, 7) is 1.48. The molecule has 0 unspecified atom stereocenters. The highest BCUT2D eigenvalue weighted by Crippen LogP contribution is 2.28. The van der Waals surface area contributed by atoms with Crippen LogP contribution in [0.15, 0.2) is 36.4 Å². The Hall–Kier alpha value is -2.44. The molecule has 7 heteroatoms. The third kappa shape index (κ3) is 4.06. The van der Waals surface area contributed by atoms with Crippen LogP contribution >= 0.6 is 0 Å². The second-order valence-corrected chi connectivity index (χ2v) is 5.12. The number of halogens is 4. The van der Waals surface area contributed by atoms with Crippen molar-refractivity contribution in [1.29, 1.82) is 0 Å². The number of hydrogen-bond donors (Lipinski definition) is 0. The van der Waals surface area contributed by atoms with Crippen LogP contribution in [0.3, 0.4) is 0 Å². The molecule has 2 rings (SSSR count). The number of hydrogen-bond acceptors (Lipinski definition) is 2. The lowest BCUT2D eigenvalue weighted by atomic mass is 10.1. The van der Waals surface area contributed by atoms with Crippen LogP contribution in [-0.2, 0) is 12.7 Å². The molecule has 0 fully saturated rings. The van der Waals surface area contributed by atoms with Gasteiger partial charge in [-0.05, 0) is 36.8 Å². The highest BCUT2D eigenvalue weighted by molar-refractivity contribution is 5.95. The van der Waals surface area contributed by atoms with Gasteiger partial charge in [-0.1, -0.05) is 12.1 Å². The van der Waals surface area contributed by atoms with Gasteiger partial charge in [0, 0.05) is 13.6 Å². The van der Waals surface area contributed by atoms with E-state index in [1.165, 1.54) is 37.1 Å². The lowest BCUT2D eigenvalue weighted by Gasteiger charge is -2.19. The van der Waals surface area contributed by atoms with Gasteiger partial charge in [-0.25, -0.2) is 9.37 Å². The summed E-state index contributed by atoms with van der Waals surface area (Å²) >= 11 is 0. The lowest BCUT2D eigenvalue weighted by molar-refractivity contribution is -0.141. The Labute approximate surface area is 130 Å². The van der Waals surface area contributed by atoms with Crippen LogP contribution in [0.25, 0.3) is 0 Å². The van der Waals surface area contributed by atoms with Crippen molar-refractivity contribution in [2.24, 2.45) is 0 Å². The van der Waals surface area contributed by atoms with Gasteiger partial charge < -0.3 is 4.90 Å². The quantitative estimate of drug-likeness (QED) is 0.804. The fourth-order valence-corrected chi connectivity index (χ4v) is 2.13. The Morgan fingerprint density at radius 2 is 1.91 bits per heavy atom. The van der Waals surface area contributed by atoms with E-state index in [1.54, 1.807) is 6.07 Å². The van der Waals surface area contributed by atoms with Gasteiger partial charge in [0.25, 0.3) is 5.91 Å². The summed E-state index contributed by atoms with van der Waals surface area (Å²) in [7, 11) is 1.49. The summed E-state index contributed by atoms with van der Waals surface area (Å²) in [5.41, 5.74) is -0.384. The van der Waals surface area contributed by atoms with Crippen molar-refractivity contribution in [3.05, 3.63) is 64.7 Å². The predicted molar refractivity (Wildman–Crippen MR) is 76.2 cm³/mol. The molecule has 0 aliphatic rings. The maximum Gasteiger partial charge on any atom is 0.433 e. The number of aryl methyl sites for hydroxylation is 1. The Morgan fingerprint density at radius 1 is 1.22 bits per heavy atom. The Bertz CT molecular complexity index is 728. The maximum atomic E-state index is 13.1. The van der Waals surface area contributed by atoms with Crippen LogP contribution < -0.4 is 0 Å². The highest BCUT2D eigenvalue weighted by atomic mass is 19.4. The van der Waals surface area contributed by atoms with Crippen molar-refractivity contribution in [3.8, 4) is 0 Å². The number of aromatic nitrogens is 1. The average molecular weight is 326 g/mol. The number of nitrogens with zero attached hydrogens (tertiary/aromatic N) is 2. The fourth-order valence-electron chi connectivity index (χ4n) is 2.13. The van der Waals surface area contributed by atoms with Crippen LogP contribution in [0.4, 0.5) is 17.6 Å². The van der Waals surface area contributed by atoms with Gasteiger partial charge in [0.1, 0.15) is 11.5 Å². The number of benzene rings is 1. The third-order valence-corrected chi connectivity index (χ3v) is 3.26. The minimum absolute atomic E-state index is 0.00378. The van der Waals surface area contributed by atoms with E-state index in [0.29, 0.717) is 5.56 Å². The summed E-state index contributed by atoms with van der Waals surface area (Å²) in [5.74, 6) is -0.899. The van der Waals surface area contributed by atoms with Crippen molar-refractivity contribution in [2.45, 2.75) is 19.6 Å². The summed E-state index contributed by atoms with van der Waals surface area (Å²) in [6.07, 6.45) is -4.56. The molecule has 0 saturated heterocycles. The van der Waals surface area contributed by atoms with Crippen molar-refractivity contribution >= 4 is 5.91 Å². The van der Waals surface area contributed by atoms with Crippen molar-refractivity contribution in [2.75, 3.05) is 7.05 Å². The summed E-state index contributed by atoms with van der Waals surface area (Å²) in [6, 6.07) is 7.64. The molecule has 1 heterocycles. The second-order valence-electron chi connectivity index (χ2n) is 5.12. The molecule has 0 radical (unpaired) electrons. The van der Waals surface area contributed by atoms with E-state index in [9.17, 15) is 22.4 Å². The van der Waals surface area contributed by atoms with Crippen molar-refractivity contribution in [3.63, 3.8) is 0 Å². The largest absolute Gasteiger partial charge is 0.433 e. The first kappa shape index (κ1) is 16.9. The van der Waals surface area contributed by atoms with Gasteiger partial charge in [-0.2, -0.15) is 13.2 Å². The molecular weight excluding hydrogens is 312 g/mol. The Balaban J connectivity index is 2.19. The zero-order valence-electron chi connectivity index (χ0n) is 12.5. The SMILES string of the molecule is Cc1nc(C(F)(F)F)ccc1C(=O)N(C)Cc1cccc(F)c1. The van der Waals surface area contributed by atoms with Crippen LogP contribution in [-0.4, -0.2) is 22.8 Å². The number of carbonyl (C=O) groups excluding carboxylic acids is 1. The number of amides is 1. The van der Waals surface area contributed by atoms with Crippen molar-refractivity contribution in [1.82, 2.24) is 9.88 Å². The predicted octanol–water partition coefficient (Wildman–Crippen LogP) is 3.82. The maximum absolute atomic E-state index is 13.1. The van der Waals surface area contributed by atoms with E-state index in [4.69, 9.17) is 0 Å². The smallest absolute Gasteiger partial charge is 0.337 e. The third-order valence-electron chi connectivity index (χ3n) is 3.26. The molecule has 0 saturated carbocycles. The summed E-state index contributed by atoms with van der Waals surface area (Å²) in [5, 5.41) is 0. The van der Waals surface area contributed by atoms with Crippen molar-refractivity contribution < 1.29 is 22.4 Å². The van der Waals surface area contributed by atoms with Crippen LogP contribution in [0.2, 0.25) is 0 Å². The van der Waals surface area contributed by atoms with Gasteiger partial charge >= 0.3 is 6.18 Å². The van der Waals surface area contributed by atoms with Gasteiger partial charge in [0.15, 0.2) is 0 Å². The minimum Gasteiger partial charge on any atom is -0.337 e. The topological polar surface area (TPSA) is 33.2 Å². The van der Waals surface area contributed by atoms with Crippen LogP contribution in [0, 0.1) is 12.7 Å². The fraction of sp³-hybridized carbons (Fsp3) is 0.250. The Morgan fingerprint density at radius 3 is 2.48 bits per heavy atom. The van der Waals surface area contributed by atoms with Crippen LogP contribution in [0.5, 0.6) is 0 Å². The Kier molecular flexibility index (Phi) is 4.68. The number of rotatable bonds is 3. The van der Waals surface area contributed by atoms with Gasteiger partial charge in [0.2, 0.25) is 0 Å². The summed E-state index contributed by atoms with van der Waals surface area (Å²) < 4.78 is 50.9. The summed E-state index contributed by atoms with van der Waals surface area (Å²) in [4.78, 5) is 17.1. The molecule has 2 aromatic rings. The first-order valence-corrected chi connectivity index (χ1v) is 6.73. The van der Waals surface area contributed by atoms with Gasteiger partial charge in [-0.15, -0.1) is 0 Å². The molecule has 0 bridgehead atoms. The zero-order chi connectivity index (χ0) is 17.2. The van der Waals surface area contributed by atoms with E-state index in [2.05, 4.69) is 4.98 Å². The molecule has 0 aliphatic carbocycles. The van der Waals surface area contributed by atoms with Gasteiger partial charge in [0.05, 0.1) is 11.3 Å². The number of carbonyl (C=O) groups is 1. The minimum atomic E-state index is -4.56. The molecular formula is C16H14F4N2O. The average Bonchev–Trinajstić information content (AvgIpc) is 2.45. The van der Waals surface area contributed by atoms with Gasteiger partial charge in [-0.3, -0.25) is 4.79 Å². The monoisotopic (exact) mass is 326 g/mol. The van der Waals surface area contributed by atoms with E-state index < -0.39 is 23.6 Å². The molecule has 0 atom stereocenters. The van der Waals surface area contributed by atoms with Crippen LogP contribution in [0.1, 0.15) is 27.3 Å². The second kappa shape index (κ2) is 6.36. The zero-order valence-corrected chi connectivity index (χ0v) is 12.5. The molecule has 23 heavy (non-hydrogen) atoms. The van der Waals surface area contributed by atoms with E-state index >= 15 is 0 Å². The number of pyridine rings is 1. The van der Waals surface area contributed by atoms with E-state index in [1.807, 2.05) is 0 Å². The highest BCUT2D eigenvalue weighted by Gasteiger charge is 2.33. The first-order chi connectivity index (χ1) is 10.7. The standard InChI is InChI=1S/C16H14F4N2O/c1-10-13(6-7-14(21-10)16(18,19)20)15(23)22(2)9-11-4-3-5-12(17)8-11/h3-8H,9H2,1-2H3. The molecule has 3 nitrogen and oxygen atoms in total. The molecule has 1 aromatic carbocycles. The molecule has 1 amide bonds.